The van der Waals surface area contributed by atoms with Crippen molar-refractivity contribution in [3.05, 3.63) is 0 Å². The summed E-state index contributed by atoms with van der Waals surface area (Å²) in [4.78, 5) is 2.00. The Morgan fingerprint density at radius 1 is 1.33 bits per heavy atom. The van der Waals surface area contributed by atoms with Gasteiger partial charge in [0.1, 0.15) is 15.5 Å². The molecule has 0 amide bonds. The molecule has 0 unspecified atom stereocenters. The van der Waals surface area contributed by atoms with Crippen molar-refractivity contribution in [2.45, 2.75) is 18.1 Å². The van der Waals surface area contributed by atoms with Gasteiger partial charge in [0.05, 0.1) is 0 Å². The zero-order valence-electron chi connectivity index (χ0n) is 7.15. The summed E-state index contributed by atoms with van der Waals surface area (Å²) in [5.41, 5.74) is 0. The molecule has 0 aliphatic carbocycles. The topological polar surface area (TPSA) is 50.8 Å². The average Bonchev–Trinajstić information content (AvgIpc) is 2.04. The number of nitrogens with zero attached hydrogens (tertiary/aromatic N) is 3. The zero-order valence-corrected chi connectivity index (χ0v) is 8.78. The molecule has 0 atom stereocenters. The first-order chi connectivity index (χ1) is 5.76. The molecular formula is C7H11N3S2. The van der Waals surface area contributed by atoms with Gasteiger partial charge >= 0.3 is 0 Å². The van der Waals surface area contributed by atoms with Crippen LogP contribution in [-0.4, -0.2) is 23.2 Å². The molecule has 0 aromatic rings. The van der Waals surface area contributed by atoms with E-state index in [9.17, 15) is 0 Å². The van der Waals surface area contributed by atoms with Crippen LogP contribution in [0.2, 0.25) is 0 Å². The molecule has 12 heavy (non-hydrogen) atoms. The Bertz CT molecular complexity index is 178. The maximum absolute atomic E-state index is 8.44. The lowest BCUT2D eigenvalue weighted by atomic mass is 10.5. The van der Waals surface area contributed by atoms with Gasteiger partial charge in [-0.2, -0.15) is 10.5 Å². The van der Waals surface area contributed by atoms with Gasteiger partial charge in [0.2, 0.25) is 0 Å². The summed E-state index contributed by atoms with van der Waals surface area (Å²) in [6.45, 7) is 2.98. The fraction of sp³-hybridized carbons (Fsp3) is 0.714. The number of hydrogen-bond donors (Lipinski definition) is 0. The van der Waals surface area contributed by atoms with Crippen molar-refractivity contribution in [3.63, 3.8) is 0 Å². The second-order valence-electron chi connectivity index (χ2n) is 2.21. The van der Waals surface area contributed by atoms with E-state index in [4.69, 9.17) is 10.5 Å². The van der Waals surface area contributed by atoms with Crippen LogP contribution in [0.3, 0.4) is 0 Å². The molecule has 0 fully saturated rings. The third-order valence-electron chi connectivity index (χ3n) is 1.24. The largest absolute Gasteiger partial charge is 0.285 e. The van der Waals surface area contributed by atoms with Gasteiger partial charge < -0.3 is 0 Å². The molecule has 0 heterocycles. The fourth-order valence-electron chi connectivity index (χ4n) is 0.752. The van der Waals surface area contributed by atoms with Gasteiger partial charge in [0.25, 0.3) is 0 Å². The van der Waals surface area contributed by atoms with Crippen LogP contribution in [0.1, 0.15) is 13.3 Å². The van der Waals surface area contributed by atoms with E-state index in [1.54, 1.807) is 0 Å². The SMILES string of the molecule is CCCN(C)C(SC#N)SC#N. The molecule has 0 N–H and O–H groups in total. The van der Waals surface area contributed by atoms with Crippen molar-refractivity contribution in [2.75, 3.05) is 13.6 Å². The molecule has 0 aliphatic rings. The van der Waals surface area contributed by atoms with Crippen LogP contribution < -0.4 is 0 Å². The normalized spacial score (nSPS) is 9.83. The van der Waals surface area contributed by atoms with Gasteiger partial charge in [0, 0.05) is 0 Å². The van der Waals surface area contributed by atoms with Crippen LogP contribution in [-0.2, 0) is 0 Å². The monoisotopic (exact) mass is 201 g/mol. The lowest BCUT2D eigenvalue weighted by molar-refractivity contribution is 0.374. The molecule has 0 saturated heterocycles. The van der Waals surface area contributed by atoms with Crippen molar-refractivity contribution >= 4 is 23.5 Å². The van der Waals surface area contributed by atoms with Gasteiger partial charge in [-0.05, 0) is 43.5 Å². The predicted octanol–water partition coefficient (Wildman–Crippen LogP) is 2.04. The van der Waals surface area contributed by atoms with Crippen molar-refractivity contribution < 1.29 is 0 Å². The number of thioether (sulfide) groups is 2. The Hall–Kier alpha value is -0.360. The summed E-state index contributed by atoms with van der Waals surface area (Å²) in [5, 5.41) is 20.9. The van der Waals surface area contributed by atoms with Crippen LogP contribution in [0.25, 0.3) is 0 Å². The quantitative estimate of drug-likeness (QED) is 0.503. The average molecular weight is 201 g/mol. The molecule has 0 spiro atoms. The van der Waals surface area contributed by atoms with Gasteiger partial charge in [-0.3, -0.25) is 4.90 Å². The second-order valence-corrected chi connectivity index (χ2v) is 4.23. The minimum absolute atomic E-state index is 0.0556. The Labute approximate surface area is 81.7 Å². The molecule has 0 aromatic carbocycles. The van der Waals surface area contributed by atoms with E-state index in [-0.39, 0.29) is 4.71 Å². The Morgan fingerprint density at radius 3 is 2.17 bits per heavy atom. The van der Waals surface area contributed by atoms with Crippen LogP contribution in [0.5, 0.6) is 0 Å². The van der Waals surface area contributed by atoms with Gasteiger partial charge in [-0.25, -0.2) is 0 Å². The molecule has 0 radical (unpaired) electrons. The molecule has 66 valence electrons. The van der Waals surface area contributed by atoms with E-state index < -0.39 is 0 Å². The smallest absolute Gasteiger partial charge is 0.135 e. The first kappa shape index (κ1) is 11.6. The number of hydrogen-bond acceptors (Lipinski definition) is 5. The minimum Gasteiger partial charge on any atom is -0.285 e. The Balaban J connectivity index is 3.93. The standard InChI is InChI=1S/C7H11N3S2/c1-3-4-10(2)7(11-5-8)12-6-9/h7H,3-4H2,1-2H3. The predicted molar refractivity (Wildman–Crippen MR) is 53.1 cm³/mol. The van der Waals surface area contributed by atoms with Gasteiger partial charge in [-0.15, -0.1) is 0 Å². The maximum atomic E-state index is 8.44. The highest BCUT2D eigenvalue weighted by Gasteiger charge is 2.14. The highest BCUT2D eigenvalue weighted by atomic mass is 32.2. The van der Waals surface area contributed by atoms with Crippen LogP contribution in [0.4, 0.5) is 0 Å². The van der Waals surface area contributed by atoms with E-state index in [2.05, 4.69) is 6.92 Å². The maximum Gasteiger partial charge on any atom is 0.135 e. The Kier molecular flexibility index (Phi) is 7.08. The second kappa shape index (κ2) is 7.30. The Morgan fingerprint density at radius 2 is 1.83 bits per heavy atom. The molecule has 0 aliphatic heterocycles. The highest BCUT2D eigenvalue weighted by Crippen LogP contribution is 2.24. The summed E-state index contributed by atoms with van der Waals surface area (Å²) in [6.07, 6.45) is 1.03. The summed E-state index contributed by atoms with van der Waals surface area (Å²) in [6, 6.07) is 0. The van der Waals surface area contributed by atoms with E-state index in [0.29, 0.717) is 0 Å². The van der Waals surface area contributed by atoms with E-state index in [1.165, 1.54) is 0 Å². The third kappa shape index (κ3) is 4.50. The lowest BCUT2D eigenvalue weighted by Crippen LogP contribution is -2.26. The first-order valence-electron chi connectivity index (χ1n) is 3.56. The molecule has 5 heteroatoms. The third-order valence-corrected chi connectivity index (χ3v) is 3.15. The van der Waals surface area contributed by atoms with Crippen molar-refractivity contribution in [1.82, 2.24) is 4.90 Å². The number of nitriles is 2. The summed E-state index contributed by atoms with van der Waals surface area (Å²) in [5.74, 6) is 0. The highest BCUT2D eigenvalue weighted by molar-refractivity contribution is 8.20. The molecule has 3 nitrogen and oxygen atoms in total. The van der Waals surface area contributed by atoms with E-state index in [0.717, 1.165) is 36.5 Å². The number of thiocyanates is 2. The van der Waals surface area contributed by atoms with E-state index in [1.807, 2.05) is 22.8 Å². The van der Waals surface area contributed by atoms with Crippen molar-refractivity contribution in [1.29, 1.82) is 10.5 Å². The van der Waals surface area contributed by atoms with Crippen LogP contribution in [0, 0.1) is 21.3 Å². The van der Waals surface area contributed by atoms with Gasteiger partial charge in [-0.1, -0.05) is 6.92 Å². The van der Waals surface area contributed by atoms with Crippen LogP contribution in [0.15, 0.2) is 0 Å². The van der Waals surface area contributed by atoms with Crippen molar-refractivity contribution in [2.24, 2.45) is 0 Å². The zero-order chi connectivity index (χ0) is 9.40. The molecule has 0 bridgehead atoms. The van der Waals surface area contributed by atoms with Crippen molar-refractivity contribution in [3.8, 4) is 10.8 Å². The molecular weight excluding hydrogens is 190 g/mol. The molecule has 0 aromatic heterocycles. The molecule has 0 saturated carbocycles. The summed E-state index contributed by atoms with van der Waals surface area (Å²) < 4.78 is -0.0556. The lowest BCUT2D eigenvalue weighted by Gasteiger charge is -2.20. The van der Waals surface area contributed by atoms with E-state index >= 15 is 0 Å². The fourth-order valence-corrected chi connectivity index (χ4v) is 1.95. The van der Waals surface area contributed by atoms with Gasteiger partial charge in [0.15, 0.2) is 0 Å². The van der Waals surface area contributed by atoms with Crippen LogP contribution >= 0.6 is 23.5 Å². The number of rotatable bonds is 5. The summed E-state index contributed by atoms with van der Waals surface area (Å²) in [7, 11) is 1.92. The molecule has 0 rings (SSSR count). The summed E-state index contributed by atoms with van der Waals surface area (Å²) >= 11 is 2.24. The first-order valence-corrected chi connectivity index (χ1v) is 5.31. The minimum atomic E-state index is -0.0556.